The molecule has 1 heterocycles. The molecular weight excluding hydrogens is 251 g/mol. The fourth-order valence-electron chi connectivity index (χ4n) is 3.22. The fraction of sp³-hybridized carbons (Fsp3) is 0.706. The number of rotatable bonds is 5. The van der Waals surface area contributed by atoms with Crippen molar-refractivity contribution in [2.75, 3.05) is 6.54 Å². The van der Waals surface area contributed by atoms with E-state index in [4.69, 9.17) is 0 Å². The molecule has 1 aromatic heterocycles. The van der Waals surface area contributed by atoms with Crippen molar-refractivity contribution < 1.29 is 4.39 Å². The van der Waals surface area contributed by atoms with Gasteiger partial charge in [0.1, 0.15) is 5.82 Å². The summed E-state index contributed by atoms with van der Waals surface area (Å²) in [6, 6.07) is 1.97. The summed E-state index contributed by atoms with van der Waals surface area (Å²) in [6.45, 7) is 7.76. The number of hydrogen-bond donors (Lipinski definition) is 1. The van der Waals surface area contributed by atoms with E-state index >= 15 is 0 Å². The maximum Gasteiger partial charge on any atom is 0.146 e. The maximum atomic E-state index is 14.1. The molecule has 1 unspecified atom stereocenters. The van der Waals surface area contributed by atoms with Crippen LogP contribution in [0.2, 0.25) is 0 Å². The van der Waals surface area contributed by atoms with Crippen LogP contribution in [-0.4, -0.2) is 11.5 Å². The molecule has 1 atom stereocenters. The summed E-state index contributed by atoms with van der Waals surface area (Å²) in [4.78, 5) is 3.87. The van der Waals surface area contributed by atoms with E-state index in [9.17, 15) is 4.39 Å². The van der Waals surface area contributed by atoms with Crippen molar-refractivity contribution >= 4 is 0 Å². The topological polar surface area (TPSA) is 24.9 Å². The Morgan fingerprint density at radius 1 is 1.40 bits per heavy atom. The molecule has 0 amide bonds. The number of aromatic nitrogens is 1. The Morgan fingerprint density at radius 3 is 2.70 bits per heavy atom. The van der Waals surface area contributed by atoms with Gasteiger partial charge in [-0.25, -0.2) is 4.39 Å². The lowest BCUT2D eigenvalue weighted by atomic mass is 9.70. The average Bonchev–Trinajstić information content (AvgIpc) is 2.42. The van der Waals surface area contributed by atoms with Gasteiger partial charge < -0.3 is 5.32 Å². The summed E-state index contributed by atoms with van der Waals surface area (Å²) in [5.74, 6) is 0.359. The van der Waals surface area contributed by atoms with Crippen LogP contribution in [-0.2, 0) is 0 Å². The lowest BCUT2D eigenvalue weighted by Crippen LogP contribution is -2.33. The molecule has 0 saturated heterocycles. The van der Waals surface area contributed by atoms with E-state index < -0.39 is 0 Å². The zero-order valence-corrected chi connectivity index (χ0v) is 13.0. The Kier molecular flexibility index (Phi) is 5.14. The van der Waals surface area contributed by atoms with Crippen molar-refractivity contribution in [2.24, 2.45) is 11.3 Å². The maximum absolute atomic E-state index is 14.1. The van der Waals surface area contributed by atoms with Gasteiger partial charge in [-0.2, -0.15) is 0 Å². The Hall–Kier alpha value is -0.960. The minimum Gasteiger partial charge on any atom is -0.310 e. The van der Waals surface area contributed by atoms with Gasteiger partial charge in [-0.05, 0) is 56.0 Å². The normalized spacial score (nSPS) is 20.8. The van der Waals surface area contributed by atoms with Crippen molar-refractivity contribution in [1.82, 2.24) is 10.3 Å². The smallest absolute Gasteiger partial charge is 0.146 e. The highest BCUT2D eigenvalue weighted by Crippen LogP contribution is 2.43. The largest absolute Gasteiger partial charge is 0.310 e. The van der Waals surface area contributed by atoms with Crippen LogP contribution in [0.4, 0.5) is 4.39 Å². The number of pyridine rings is 1. The second-order valence-corrected chi connectivity index (χ2v) is 6.83. The first-order valence-electron chi connectivity index (χ1n) is 7.86. The van der Waals surface area contributed by atoms with Crippen LogP contribution < -0.4 is 5.32 Å². The van der Waals surface area contributed by atoms with Crippen molar-refractivity contribution in [2.45, 2.75) is 58.9 Å². The molecular formula is C17H27FN2. The highest BCUT2D eigenvalue weighted by atomic mass is 19.1. The van der Waals surface area contributed by atoms with Gasteiger partial charge in [0.15, 0.2) is 0 Å². The fourth-order valence-corrected chi connectivity index (χ4v) is 3.22. The first kappa shape index (κ1) is 15.4. The summed E-state index contributed by atoms with van der Waals surface area (Å²) in [5.41, 5.74) is 1.24. The Labute approximate surface area is 122 Å². The van der Waals surface area contributed by atoms with E-state index in [0.717, 1.165) is 18.5 Å². The van der Waals surface area contributed by atoms with E-state index in [2.05, 4.69) is 31.1 Å². The van der Waals surface area contributed by atoms with Gasteiger partial charge in [-0.15, -0.1) is 0 Å². The predicted octanol–water partition coefficient (Wildman–Crippen LogP) is 4.48. The van der Waals surface area contributed by atoms with Crippen LogP contribution in [0, 0.1) is 17.2 Å². The Bertz CT molecular complexity index is 421. The van der Waals surface area contributed by atoms with E-state index in [1.54, 1.807) is 6.20 Å². The molecule has 112 valence electrons. The summed E-state index contributed by atoms with van der Waals surface area (Å²) < 4.78 is 14.1. The third kappa shape index (κ3) is 3.78. The molecule has 0 aromatic carbocycles. The standard InChI is InChI=1S/C17H27FN2/c1-4-10-20-16(14-7-11-19-12-15(14)18)13-5-8-17(2,3)9-6-13/h7,11-13,16,20H,4-6,8-10H2,1-3H3. The summed E-state index contributed by atoms with van der Waals surface area (Å²) in [6.07, 6.45) is 8.92. The quantitative estimate of drug-likeness (QED) is 0.859. The number of nitrogens with one attached hydrogen (secondary N) is 1. The summed E-state index contributed by atoms with van der Waals surface area (Å²) in [5, 5.41) is 3.56. The molecule has 0 aliphatic heterocycles. The van der Waals surface area contributed by atoms with Gasteiger partial charge in [0.2, 0.25) is 0 Å². The Morgan fingerprint density at radius 2 is 2.10 bits per heavy atom. The average molecular weight is 278 g/mol. The molecule has 1 saturated carbocycles. The predicted molar refractivity (Wildman–Crippen MR) is 81.0 cm³/mol. The molecule has 20 heavy (non-hydrogen) atoms. The molecule has 2 rings (SSSR count). The van der Waals surface area contributed by atoms with Crippen LogP contribution in [0.15, 0.2) is 18.5 Å². The minimum atomic E-state index is -0.175. The molecule has 1 aliphatic rings. The highest BCUT2D eigenvalue weighted by Gasteiger charge is 2.32. The first-order chi connectivity index (χ1) is 9.53. The molecule has 0 bridgehead atoms. The van der Waals surface area contributed by atoms with Crippen LogP contribution in [0.1, 0.15) is 64.5 Å². The monoisotopic (exact) mass is 278 g/mol. The number of hydrogen-bond acceptors (Lipinski definition) is 2. The van der Waals surface area contributed by atoms with Crippen molar-refractivity contribution in [3.63, 3.8) is 0 Å². The zero-order chi connectivity index (χ0) is 14.6. The molecule has 2 nitrogen and oxygen atoms in total. The highest BCUT2D eigenvalue weighted by molar-refractivity contribution is 5.18. The van der Waals surface area contributed by atoms with Gasteiger partial charge in [-0.3, -0.25) is 4.98 Å². The summed E-state index contributed by atoms with van der Waals surface area (Å²) >= 11 is 0. The van der Waals surface area contributed by atoms with E-state index in [1.165, 1.54) is 31.9 Å². The number of nitrogens with zero attached hydrogens (tertiary/aromatic N) is 1. The van der Waals surface area contributed by atoms with Crippen molar-refractivity contribution in [3.05, 3.63) is 29.8 Å². The lowest BCUT2D eigenvalue weighted by Gasteiger charge is -2.38. The van der Waals surface area contributed by atoms with Gasteiger partial charge in [0.25, 0.3) is 0 Å². The van der Waals surface area contributed by atoms with Crippen LogP contribution in [0.5, 0.6) is 0 Å². The van der Waals surface area contributed by atoms with Crippen LogP contribution in [0.25, 0.3) is 0 Å². The van der Waals surface area contributed by atoms with E-state index in [-0.39, 0.29) is 11.9 Å². The van der Waals surface area contributed by atoms with E-state index in [1.807, 2.05) is 6.07 Å². The third-order valence-corrected chi connectivity index (χ3v) is 4.61. The van der Waals surface area contributed by atoms with Crippen LogP contribution in [0.3, 0.4) is 0 Å². The molecule has 0 radical (unpaired) electrons. The Balaban J connectivity index is 2.14. The SMILES string of the molecule is CCCNC(c1ccncc1F)C1CCC(C)(C)CC1. The third-order valence-electron chi connectivity index (χ3n) is 4.61. The molecule has 1 aliphatic carbocycles. The van der Waals surface area contributed by atoms with Crippen LogP contribution >= 0.6 is 0 Å². The molecule has 1 N–H and O–H groups in total. The van der Waals surface area contributed by atoms with E-state index in [0.29, 0.717) is 11.3 Å². The molecule has 0 spiro atoms. The van der Waals surface area contributed by atoms with Gasteiger partial charge in [0, 0.05) is 17.8 Å². The molecule has 3 heteroatoms. The molecule has 1 aromatic rings. The second kappa shape index (κ2) is 6.66. The van der Waals surface area contributed by atoms with Crippen molar-refractivity contribution in [1.29, 1.82) is 0 Å². The first-order valence-corrected chi connectivity index (χ1v) is 7.86. The van der Waals surface area contributed by atoms with Gasteiger partial charge in [0.05, 0.1) is 6.20 Å². The lowest BCUT2D eigenvalue weighted by molar-refractivity contribution is 0.160. The van der Waals surface area contributed by atoms with Gasteiger partial charge >= 0.3 is 0 Å². The van der Waals surface area contributed by atoms with Crippen molar-refractivity contribution in [3.8, 4) is 0 Å². The zero-order valence-electron chi connectivity index (χ0n) is 13.0. The minimum absolute atomic E-state index is 0.133. The second-order valence-electron chi connectivity index (χ2n) is 6.83. The molecule has 1 fully saturated rings. The summed E-state index contributed by atoms with van der Waals surface area (Å²) in [7, 11) is 0. The van der Waals surface area contributed by atoms with Gasteiger partial charge in [-0.1, -0.05) is 20.8 Å². The number of halogens is 1.